The van der Waals surface area contributed by atoms with Gasteiger partial charge in [-0.1, -0.05) is 78.9 Å². The predicted molar refractivity (Wildman–Crippen MR) is 114 cm³/mol. The van der Waals surface area contributed by atoms with Crippen molar-refractivity contribution >= 4 is 11.7 Å². The summed E-state index contributed by atoms with van der Waals surface area (Å²) in [6, 6.07) is 26.6. The molecule has 0 unspecified atom stereocenters. The Balaban J connectivity index is 2.02. The summed E-state index contributed by atoms with van der Waals surface area (Å²) >= 11 is 0. The number of ether oxygens (including phenoxy) is 1. The van der Waals surface area contributed by atoms with E-state index in [9.17, 15) is 9.90 Å². The molecule has 0 aromatic heterocycles. The van der Waals surface area contributed by atoms with E-state index in [1.165, 1.54) is 0 Å². The SMILES string of the molecule is CCOC(=O)[C@H]1[C@H](c2ccccc2)N(C)c2ccccc2[C@]1(O)c1ccccc1. The molecule has 3 aromatic carbocycles. The van der Waals surface area contributed by atoms with E-state index in [1.54, 1.807) is 6.92 Å². The van der Waals surface area contributed by atoms with Gasteiger partial charge in [-0.15, -0.1) is 0 Å². The molecule has 1 N–H and O–H groups in total. The lowest BCUT2D eigenvalue weighted by atomic mass is 9.67. The molecule has 0 saturated carbocycles. The molecule has 0 aliphatic carbocycles. The number of fused-ring (bicyclic) bond motifs is 1. The minimum atomic E-state index is -1.52. The second-order valence-electron chi connectivity index (χ2n) is 7.35. The molecule has 4 nitrogen and oxygen atoms in total. The summed E-state index contributed by atoms with van der Waals surface area (Å²) in [5, 5.41) is 12.3. The van der Waals surface area contributed by atoms with Crippen molar-refractivity contribution in [2.45, 2.75) is 18.6 Å². The third-order valence-corrected chi connectivity index (χ3v) is 5.77. The van der Waals surface area contributed by atoms with E-state index in [2.05, 4.69) is 4.90 Å². The van der Waals surface area contributed by atoms with Crippen molar-refractivity contribution in [3.05, 3.63) is 102 Å². The summed E-state index contributed by atoms with van der Waals surface area (Å²) < 4.78 is 5.49. The Kier molecular flexibility index (Phi) is 5.12. The third kappa shape index (κ3) is 3.10. The fraction of sp³-hybridized carbons (Fsp3) is 0.240. The standard InChI is InChI=1S/C25H25NO3/c1-3-29-24(27)22-23(18-12-6-4-7-13-18)26(2)21-17-11-10-16-20(21)25(22,28)19-14-8-5-9-15-19/h4-17,22-23,28H,3H2,1-2H3/t22-,23+,25-/m1/s1. The molecule has 0 amide bonds. The van der Waals surface area contributed by atoms with Gasteiger partial charge in [0.25, 0.3) is 0 Å². The maximum absolute atomic E-state index is 13.3. The average Bonchev–Trinajstić information content (AvgIpc) is 2.77. The van der Waals surface area contributed by atoms with Crippen molar-refractivity contribution in [1.82, 2.24) is 0 Å². The van der Waals surface area contributed by atoms with E-state index >= 15 is 0 Å². The molecule has 0 saturated heterocycles. The smallest absolute Gasteiger partial charge is 0.315 e. The van der Waals surface area contributed by atoms with Gasteiger partial charge in [-0.25, -0.2) is 0 Å². The minimum absolute atomic E-state index is 0.257. The molecule has 1 aliphatic rings. The average molecular weight is 387 g/mol. The first-order valence-corrected chi connectivity index (χ1v) is 9.90. The van der Waals surface area contributed by atoms with Crippen LogP contribution in [0.3, 0.4) is 0 Å². The lowest BCUT2D eigenvalue weighted by Gasteiger charge is -2.49. The largest absolute Gasteiger partial charge is 0.466 e. The van der Waals surface area contributed by atoms with E-state index in [4.69, 9.17) is 4.74 Å². The van der Waals surface area contributed by atoms with Crippen LogP contribution in [0.5, 0.6) is 0 Å². The van der Waals surface area contributed by atoms with E-state index < -0.39 is 17.5 Å². The van der Waals surface area contributed by atoms with Crippen LogP contribution in [0.15, 0.2) is 84.9 Å². The number of esters is 1. The molecule has 0 bridgehead atoms. The minimum Gasteiger partial charge on any atom is -0.466 e. The van der Waals surface area contributed by atoms with Gasteiger partial charge in [0.15, 0.2) is 0 Å². The quantitative estimate of drug-likeness (QED) is 0.679. The van der Waals surface area contributed by atoms with Crippen LogP contribution in [-0.2, 0) is 15.1 Å². The Morgan fingerprint density at radius 3 is 2.21 bits per heavy atom. The fourth-order valence-corrected chi connectivity index (χ4v) is 4.50. The maximum atomic E-state index is 13.3. The van der Waals surface area contributed by atoms with Gasteiger partial charge in [-0.2, -0.15) is 0 Å². The normalized spacial score (nSPS) is 23.3. The molecule has 29 heavy (non-hydrogen) atoms. The van der Waals surface area contributed by atoms with Gasteiger partial charge >= 0.3 is 5.97 Å². The number of nitrogens with zero attached hydrogens (tertiary/aromatic N) is 1. The molecule has 4 heteroatoms. The highest BCUT2D eigenvalue weighted by Gasteiger charge is 2.55. The van der Waals surface area contributed by atoms with Crippen molar-refractivity contribution in [3.8, 4) is 0 Å². The molecular formula is C25H25NO3. The number of hydrogen-bond acceptors (Lipinski definition) is 4. The lowest BCUT2D eigenvalue weighted by molar-refractivity contribution is -0.159. The fourth-order valence-electron chi connectivity index (χ4n) is 4.50. The molecule has 1 heterocycles. The van der Waals surface area contributed by atoms with Gasteiger partial charge in [0.2, 0.25) is 0 Å². The zero-order valence-electron chi connectivity index (χ0n) is 16.7. The third-order valence-electron chi connectivity index (χ3n) is 5.77. The zero-order valence-corrected chi connectivity index (χ0v) is 16.7. The van der Waals surface area contributed by atoms with Crippen LogP contribution < -0.4 is 4.90 Å². The van der Waals surface area contributed by atoms with Crippen LogP contribution in [-0.4, -0.2) is 24.7 Å². The number of benzene rings is 3. The molecule has 4 rings (SSSR count). The molecule has 0 spiro atoms. The van der Waals surface area contributed by atoms with Crippen molar-refractivity contribution in [2.75, 3.05) is 18.6 Å². The summed E-state index contributed by atoms with van der Waals surface area (Å²) in [6.45, 7) is 2.05. The first kappa shape index (κ1) is 19.2. The van der Waals surface area contributed by atoms with Gasteiger partial charge in [-0.05, 0) is 24.1 Å². The molecule has 0 radical (unpaired) electrons. The monoisotopic (exact) mass is 387 g/mol. The van der Waals surface area contributed by atoms with Crippen LogP contribution in [0.25, 0.3) is 0 Å². The molecule has 3 aromatic rings. The van der Waals surface area contributed by atoms with E-state index in [0.717, 1.165) is 11.3 Å². The Morgan fingerprint density at radius 2 is 1.55 bits per heavy atom. The van der Waals surface area contributed by atoms with Crippen molar-refractivity contribution in [2.24, 2.45) is 5.92 Å². The molecular weight excluding hydrogens is 362 g/mol. The van der Waals surface area contributed by atoms with Gasteiger partial charge in [0.1, 0.15) is 11.5 Å². The summed E-state index contributed by atoms with van der Waals surface area (Å²) in [5.41, 5.74) is 1.72. The summed E-state index contributed by atoms with van der Waals surface area (Å²) in [4.78, 5) is 15.4. The number of hydrogen-bond donors (Lipinski definition) is 1. The van der Waals surface area contributed by atoms with Crippen LogP contribution in [0.4, 0.5) is 5.69 Å². The van der Waals surface area contributed by atoms with Crippen molar-refractivity contribution in [1.29, 1.82) is 0 Å². The lowest BCUT2D eigenvalue weighted by Crippen LogP contribution is -2.53. The van der Waals surface area contributed by atoms with Crippen LogP contribution in [0, 0.1) is 5.92 Å². The van der Waals surface area contributed by atoms with E-state index in [-0.39, 0.29) is 12.6 Å². The first-order valence-electron chi connectivity index (χ1n) is 9.90. The Bertz CT molecular complexity index is 989. The number of aliphatic hydroxyl groups is 1. The van der Waals surface area contributed by atoms with Crippen LogP contribution in [0.1, 0.15) is 29.7 Å². The molecule has 3 atom stereocenters. The Morgan fingerprint density at radius 1 is 0.966 bits per heavy atom. The zero-order chi connectivity index (χ0) is 20.4. The number of anilines is 1. The van der Waals surface area contributed by atoms with E-state index in [1.807, 2.05) is 92.0 Å². The van der Waals surface area contributed by atoms with E-state index in [0.29, 0.717) is 11.1 Å². The maximum Gasteiger partial charge on any atom is 0.315 e. The Hall–Kier alpha value is -3.11. The number of para-hydroxylation sites is 1. The highest BCUT2D eigenvalue weighted by molar-refractivity contribution is 5.81. The molecule has 1 aliphatic heterocycles. The number of carbonyl (C=O) groups is 1. The van der Waals surface area contributed by atoms with Crippen molar-refractivity contribution in [3.63, 3.8) is 0 Å². The van der Waals surface area contributed by atoms with Crippen LogP contribution >= 0.6 is 0 Å². The summed E-state index contributed by atoms with van der Waals surface area (Å²) in [5.74, 6) is -1.23. The van der Waals surface area contributed by atoms with Gasteiger partial charge in [0, 0.05) is 18.3 Å². The first-order chi connectivity index (χ1) is 14.1. The van der Waals surface area contributed by atoms with Crippen LogP contribution in [0.2, 0.25) is 0 Å². The topological polar surface area (TPSA) is 49.8 Å². The second kappa shape index (κ2) is 7.72. The number of carbonyl (C=O) groups excluding carboxylic acids is 1. The predicted octanol–water partition coefficient (Wildman–Crippen LogP) is 4.29. The Labute approximate surface area is 171 Å². The van der Waals surface area contributed by atoms with Gasteiger partial charge in [0.05, 0.1) is 12.6 Å². The second-order valence-corrected chi connectivity index (χ2v) is 7.35. The number of rotatable bonds is 4. The summed E-state index contributed by atoms with van der Waals surface area (Å²) in [7, 11) is 1.97. The van der Waals surface area contributed by atoms with Crippen molar-refractivity contribution < 1.29 is 14.6 Å². The van der Waals surface area contributed by atoms with Gasteiger partial charge < -0.3 is 14.7 Å². The molecule has 148 valence electrons. The highest BCUT2D eigenvalue weighted by atomic mass is 16.5. The summed E-state index contributed by atoms with van der Waals surface area (Å²) in [6.07, 6.45) is 0. The van der Waals surface area contributed by atoms with Gasteiger partial charge in [-0.3, -0.25) is 4.79 Å². The highest BCUT2D eigenvalue weighted by Crippen LogP contribution is 2.53. The molecule has 0 fully saturated rings.